The number of nitrogens with one attached hydrogen (secondary N) is 1. The van der Waals surface area contributed by atoms with E-state index in [1.165, 1.54) is 16.8 Å². The Balaban J connectivity index is 2.38. The molecule has 5 nitrogen and oxygen atoms in total. The number of rotatable bonds is 3. The Morgan fingerprint density at radius 2 is 1.82 bits per heavy atom. The minimum atomic E-state index is -0.453. The lowest BCUT2D eigenvalue weighted by atomic mass is 10.1. The second kappa shape index (κ2) is 4.80. The van der Waals surface area contributed by atoms with Crippen LogP contribution in [0.5, 0.6) is 0 Å². The quantitative estimate of drug-likeness (QED) is 0.786. The van der Waals surface area contributed by atoms with E-state index in [1.807, 2.05) is 18.2 Å². The lowest BCUT2D eigenvalue weighted by Crippen LogP contribution is -2.29. The topological polar surface area (TPSA) is 75.1 Å². The van der Waals surface area contributed by atoms with Crippen molar-refractivity contribution in [2.75, 3.05) is 0 Å². The van der Waals surface area contributed by atoms with E-state index in [4.69, 9.17) is 5.11 Å². The highest BCUT2D eigenvalue weighted by Crippen LogP contribution is 2.09. The van der Waals surface area contributed by atoms with Crippen LogP contribution >= 0.6 is 0 Å². The SMILES string of the molecule is O=c1ccn(Cc2ccccc2CO)c(=O)[nH]1. The molecule has 17 heavy (non-hydrogen) atoms. The molecule has 0 fully saturated rings. The summed E-state index contributed by atoms with van der Waals surface area (Å²) in [7, 11) is 0. The second-order valence-corrected chi connectivity index (χ2v) is 3.66. The van der Waals surface area contributed by atoms with Crippen molar-refractivity contribution in [1.29, 1.82) is 0 Å². The normalized spacial score (nSPS) is 10.4. The second-order valence-electron chi connectivity index (χ2n) is 3.66. The van der Waals surface area contributed by atoms with E-state index in [2.05, 4.69) is 4.98 Å². The number of nitrogens with zero attached hydrogens (tertiary/aromatic N) is 1. The van der Waals surface area contributed by atoms with Crippen molar-refractivity contribution in [3.05, 3.63) is 68.5 Å². The first-order chi connectivity index (χ1) is 8.20. The average Bonchev–Trinajstić information content (AvgIpc) is 2.33. The van der Waals surface area contributed by atoms with E-state index < -0.39 is 11.2 Å². The maximum atomic E-state index is 11.5. The lowest BCUT2D eigenvalue weighted by molar-refractivity contribution is 0.280. The highest BCUT2D eigenvalue weighted by Gasteiger charge is 2.03. The predicted molar refractivity (Wildman–Crippen MR) is 62.8 cm³/mol. The maximum absolute atomic E-state index is 11.5. The highest BCUT2D eigenvalue weighted by molar-refractivity contribution is 5.26. The standard InChI is InChI=1S/C12H12N2O3/c15-8-10-4-2-1-3-9(10)7-14-6-5-11(16)13-12(14)17/h1-6,15H,7-8H2,(H,13,16,17). The van der Waals surface area contributed by atoms with Crippen molar-refractivity contribution >= 4 is 0 Å². The average molecular weight is 232 g/mol. The molecule has 1 heterocycles. The van der Waals surface area contributed by atoms with Crippen molar-refractivity contribution in [2.24, 2.45) is 0 Å². The summed E-state index contributed by atoms with van der Waals surface area (Å²) >= 11 is 0. The van der Waals surface area contributed by atoms with Gasteiger partial charge in [0.25, 0.3) is 5.56 Å². The maximum Gasteiger partial charge on any atom is 0.328 e. The van der Waals surface area contributed by atoms with Gasteiger partial charge in [-0.05, 0) is 11.1 Å². The number of hydrogen-bond donors (Lipinski definition) is 2. The Morgan fingerprint density at radius 3 is 2.47 bits per heavy atom. The highest BCUT2D eigenvalue weighted by atomic mass is 16.3. The summed E-state index contributed by atoms with van der Waals surface area (Å²) in [6, 6.07) is 8.59. The molecule has 0 atom stereocenters. The van der Waals surface area contributed by atoms with Gasteiger partial charge in [0.15, 0.2) is 0 Å². The van der Waals surface area contributed by atoms with Crippen molar-refractivity contribution in [3.63, 3.8) is 0 Å². The van der Waals surface area contributed by atoms with Crippen LogP contribution in [0.3, 0.4) is 0 Å². The first kappa shape index (κ1) is 11.3. The number of aromatic nitrogens is 2. The number of aliphatic hydroxyl groups excluding tert-OH is 1. The van der Waals surface area contributed by atoms with Gasteiger partial charge in [0.05, 0.1) is 13.2 Å². The number of aliphatic hydroxyl groups is 1. The summed E-state index contributed by atoms with van der Waals surface area (Å²) in [4.78, 5) is 24.6. The third-order valence-electron chi connectivity index (χ3n) is 2.53. The van der Waals surface area contributed by atoms with Crippen LogP contribution in [0.2, 0.25) is 0 Å². The fourth-order valence-corrected chi connectivity index (χ4v) is 1.62. The van der Waals surface area contributed by atoms with Crippen molar-refractivity contribution in [2.45, 2.75) is 13.2 Å². The first-order valence-electron chi connectivity index (χ1n) is 5.18. The minimum Gasteiger partial charge on any atom is -0.392 e. The summed E-state index contributed by atoms with van der Waals surface area (Å²) in [5.41, 5.74) is 0.752. The lowest BCUT2D eigenvalue weighted by Gasteiger charge is -2.08. The zero-order valence-corrected chi connectivity index (χ0v) is 9.09. The minimum absolute atomic E-state index is 0.0751. The van der Waals surface area contributed by atoms with E-state index in [-0.39, 0.29) is 6.61 Å². The molecule has 2 N–H and O–H groups in total. The molecule has 0 radical (unpaired) electrons. The number of H-pyrrole nitrogens is 1. The molecule has 0 saturated heterocycles. The van der Waals surface area contributed by atoms with Crippen LogP contribution in [0.4, 0.5) is 0 Å². The van der Waals surface area contributed by atoms with Crippen LogP contribution < -0.4 is 11.2 Å². The van der Waals surface area contributed by atoms with E-state index in [1.54, 1.807) is 6.07 Å². The van der Waals surface area contributed by atoms with Gasteiger partial charge in [-0.1, -0.05) is 24.3 Å². The van der Waals surface area contributed by atoms with Crippen molar-refractivity contribution in [3.8, 4) is 0 Å². The summed E-state index contributed by atoms with van der Waals surface area (Å²) < 4.78 is 1.38. The fourth-order valence-electron chi connectivity index (χ4n) is 1.62. The van der Waals surface area contributed by atoms with Gasteiger partial charge in [-0.3, -0.25) is 14.3 Å². The van der Waals surface area contributed by atoms with Crippen LogP contribution in [0.15, 0.2) is 46.1 Å². The zero-order valence-electron chi connectivity index (χ0n) is 9.09. The smallest absolute Gasteiger partial charge is 0.328 e. The molecule has 0 amide bonds. The van der Waals surface area contributed by atoms with E-state index in [0.29, 0.717) is 6.54 Å². The molecule has 2 aromatic rings. The Morgan fingerprint density at radius 1 is 1.12 bits per heavy atom. The molecular weight excluding hydrogens is 220 g/mol. The van der Waals surface area contributed by atoms with Crippen LogP contribution in [-0.4, -0.2) is 14.7 Å². The number of benzene rings is 1. The Labute approximate surface area is 97.0 Å². The van der Waals surface area contributed by atoms with Crippen LogP contribution in [-0.2, 0) is 13.2 Å². The van der Waals surface area contributed by atoms with Crippen LogP contribution in [0, 0.1) is 0 Å². The molecule has 1 aromatic carbocycles. The third kappa shape index (κ3) is 2.51. The monoisotopic (exact) mass is 232 g/mol. The largest absolute Gasteiger partial charge is 0.392 e. The molecule has 0 aliphatic heterocycles. The molecule has 2 rings (SSSR count). The summed E-state index contributed by atoms with van der Waals surface area (Å²) in [5, 5.41) is 9.16. The van der Waals surface area contributed by atoms with Crippen molar-refractivity contribution in [1.82, 2.24) is 9.55 Å². The van der Waals surface area contributed by atoms with Crippen molar-refractivity contribution < 1.29 is 5.11 Å². The molecule has 0 aliphatic rings. The van der Waals surface area contributed by atoms with Gasteiger partial charge >= 0.3 is 5.69 Å². The van der Waals surface area contributed by atoms with E-state index in [0.717, 1.165) is 11.1 Å². The van der Waals surface area contributed by atoms with Gasteiger partial charge in [0, 0.05) is 12.3 Å². The number of aromatic amines is 1. The molecule has 88 valence electrons. The van der Waals surface area contributed by atoms with Gasteiger partial charge in [-0.25, -0.2) is 4.79 Å². The van der Waals surface area contributed by atoms with Gasteiger partial charge in [-0.2, -0.15) is 0 Å². The third-order valence-corrected chi connectivity index (χ3v) is 2.53. The molecule has 0 bridgehead atoms. The van der Waals surface area contributed by atoms with Gasteiger partial charge in [0.1, 0.15) is 0 Å². The molecule has 5 heteroatoms. The zero-order chi connectivity index (χ0) is 12.3. The molecule has 0 aliphatic carbocycles. The summed E-state index contributed by atoms with van der Waals surface area (Å²) in [6.07, 6.45) is 1.44. The van der Waals surface area contributed by atoms with Gasteiger partial charge in [-0.15, -0.1) is 0 Å². The summed E-state index contributed by atoms with van der Waals surface area (Å²) in [5.74, 6) is 0. The molecule has 0 saturated carbocycles. The van der Waals surface area contributed by atoms with Gasteiger partial charge < -0.3 is 5.11 Å². The van der Waals surface area contributed by atoms with Crippen LogP contribution in [0.25, 0.3) is 0 Å². The summed E-state index contributed by atoms with van der Waals surface area (Å²) in [6.45, 7) is 0.251. The molecule has 0 spiro atoms. The van der Waals surface area contributed by atoms with E-state index in [9.17, 15) is 9.59 Å². The molecule has 0 unspecified atom stereocenters. The van der Waals surface area contributed by atoms with Crippen LogP contribution in [0.1, 0.15) is 11.1 Å². The number of hydrogen-bond acceptors (Lipinski definition) is 3. The Hall–Kier alpha value is -2.14. The van der Waals surface area contributed by atoms with Gasteiger partial charge in [0.2, 0.25) is 0 Å². The Kier molecular flexibility index (Phi) is 3.20. The Bertz CT molecular complexity index is 628. The molecule has 1 aromatic heterocycles. The first-order valence-corrected chi connectivity index (χ1v) is 5.18. The fraction of sp³-hybridized carbons (Fsp3) is 0.167. The molecular formula is C12H12N2O3. The predicted octanol–water partition coefficient (Wildman–Crippen LogP) is 0.0772. The van der Waals surface area contributed by atoms with E-state index >= 15 is 0 Å².